The summed E-state index contributed by atoms with van der Waals surface area (Å²) in [6, 6.07) is -0.714. The quantitative estimate of drug-likeness (QED) is 0.915. The van der Waals surface area contributed by atoms with Crippen molar-refractivity contribution in [3.8, 4) is 0 Å². The third-order valence-electron chi connectivity index (χ3n) is 4.26. The number of aryl methyl sites for hydroxylation is 2. The maximum atomic E-state index is 13.0. The van der Waals surface area contributed by atoms with Crippen molar-refractivity contribution in [1.82, 2.24) is 10.2 Å². The van der Waals surface area contributed by atoms with Crippen molar-refractivity contribution >= 4 is 11.8 Å². The highest BCUT2D eigenvalue weighted by molar-refractivity contribution is 5.92. The Hall–Kier alpha value is -1.99. The Kier molecular flexibility index (Phi) is 5.25. The van der Waals surface area contributed by atoms with Gasteiger partial charge in [0.1, 0.15) is 11.8 Å². The first-order valence-electron chi connectivity index (χ1n) is 7.87. The zero-order chi connectivity index (χ0) is 18.1. The molecule has 134 valence electrons. The van der Waals surface area contributed by atoms with E-state index in [-0.39, 0.29) is 25.1 Å². The molecule has 8 heteroatoms. The van der Waals surface area contributed by atoms with E-state index in [1.807, 2.05) is 13.8 Å². The van der Waals surface area contributed by atoms with Crippen LogP contribution in [-0.2, 0) is 11.2 Å². The van der Waals surface area contributed by atoms with Crippen LogP contribution in [-0.4, -0.2) is 41.5 Å². The maximum absolute atomic E-state index is 13.0. The minimum atomic E-state index is -4.46. The van der Waals surface area contributed by atoms with E-state index in [0.29, 0.717) is 12.2 Å². The normalized spacial score (nSPS) is 21.7. The Morgan fingerprint density at radius 2 is 2.04 bits per heavy atom. The first kappa shape index (κ1) is 18.4. The SMILES string of the molecule is CCc1oc(C(=O)N[C@@H]2CC[C@H](C(F)(F)F)N(C(C)=O)C2)cc1C. The summed E-state index contributed by atoms with van der Waals surface area (Å²) in [7, 11) is 0. The second kappa shape index (κ2) is 6.86. The number of alkyl halides is 3. The first-order chi connectivity index (χ1) is 11.1. The van der Waals surface area contributed by atoms with Gasteiger partial charge in [-0.25, -0.2) is 0 Å². The highest BCUT2D eigenvalue weighted by Crippen LogP contribution is 2.32. The summed E-state index contributed by atoms with van der Waals surface area (Å²) >= 11 is 0. The van der Waals surface area contributed by atoms with E-state index >= 15 is 0 Å². The molecule has 0 unspecified atom stereocenters. The number of carbonyl (C=O) groups is 2. The van der Waals surface area contributed by atoms with Gasteiger partial charge in [0.2, 0.25) is 5.91 Å². The Labute approximate surface area is 138 Å². The second-order valence-electron chi connectivity index (χ2n) is 6.05. The van der Waals surface area contributed by atoms with E-state index < -0.39 is 30.1 Å². The van der Waals surface area contributed by atoms with E-state index in [9.17, 15) is 22.8 Å². The van der Waals surface area contributed by atoms with Crippen LogP contribution < -0.4 is 5.32 Å². The lowest BCUT2D eigenvalue weighted by Crippen LogP contribution is -2.57. The lowest BCUT2D eigenvalue weighted by atomic mass is 9.97. The minimum absolute atomic E-state index is 0.136. The summed E-state index contributed by atoms with van der Waals surface area (Å²) in [5.41, 5.74) is 0.855. The van der Waals surface area contributed by atoms with Gasteiger partial charge in [-0.2, -0.15) is 13.2 Å². The van der Waals surface area contributed by atoms with E-state index in [1.54, 1.807) is 6.07 Å². The number of furan rings is 1. The Bertz CT molecular complexity index is 625. The summed E-state index contributed by atoms with van der Waals surface area (Å²) in [6.07, 6.45) is -3.89. The smallest absolute Gasteiger partial charge is 0.408 e. The van der Waals surface area contributed by atoms with Crippen LogP contribution in [0.5, 0.6) is 0 Å². The number of amides is 2. The topological polar surface area (TPSA) is 62.6 Å². The molecule has 1 aliphatic rings. The molecule has 0 saturated carbocycles. The number of rotatable bonds is 3. The van der Waals surface area contributed by atoms with Gasteiger partial charge in [-0.3, -0.25) is 9.59 Å². The summed E-state index contributed by atoms with van der Waals surface area (Å²) in [4.78, 5) is 24.5. The lowest BCUT2D eigenvalue weighted by molar-refractivity contribution is -0.196. The molecule has 2 atom stereocenters. The van der Waals surface area contributed by atoms with Gasteiger partial charge >= 0.3 is 6.18 Å². The van der Waals surface area contributed by atoms with E-state index in [4.69, 9.17) is 4.42 Å². The molecule has 2 amide bonds. The summed E-state index contributed by atoms with van der Waals surface area (Å²) in [5.74, 6) is -0.293. The van der Waals surface area contributed by atoms with E-state index in [0.717, 1.165) is 17.4 Å². The van der Waals surface area contributed by atoms with Crippen molar-refractivity contribution < 1.29 is 27.2 Å². The molecule has 1 aliphatic heterocycles. The van der Waals surface area contributed by atoms with Gasteiger partial charge in [-0.05, 0) is 31.4 Å². The van der Waals surface area contributed by atoms with Crippen LogP contribution in [0.15, 0.2) is 10.5 Å². The van der Waals surface area contributed by atoms with Gasteiger partial charge in [-0.1, -0.05) is 6.92 Å². The number of carbonyl (C=O) groups excluding carboxylic acids is 2. The third kappa shape index (κ3) is 3.91. The van der Waals surface area contributed by atoms with Gasteiger partial charge < -0.3 is 14.6 Å². The zero-order valence-electron chi connectivity index (χ0n) is 13.9. The molecule has 2 rings (SSSR count). The molecule has 0 bridgehead atoms. The molecule has 1 N–H and O–H groups in total. The fourth-order valence-electron chi connectivity index (χ4n) is 3.02. The van der Waals surface area contributed by atoms with Crippen LogP contribution >= 0.6 is 0 Å². The Morgan fingerprint density at radius 3 is 2.54 bits per heavy atom. The number of hydrogen-bond donors (Lipinski definition) is 1. The van der Waals surface area contributed by atoms with E-state index in [1.165, 1.54) is 0 Å². The summed E-state index contributed by atoms with van der Waals surface area (Å²) < 4.78 is 44.4. The standard InChI is InChI=1S/C16H21F3N2O3/c1-4-12-9(2)7-13(24-12)15(23)20-11-5-6-14(16(17,18)19)21(8-11)10(3)22/h7,11,14H,4-6,8H2,1-3H3,(H,20,23)/t11-,14-/m1/s1. The predicted molar refractivity (Wildman–Crippen MR) is 80.5 cm³/mol. The van der Waals surface area contributed by atoms with Crippen LogP contribution in [0.25, 0.3) is 0 Å². The molecule has 0 aromatic carbocycles. The number of nitrogens with one attached hydrogen (secondary N) is 1. The molecule has 1 aromatic heterocycles. The number of likely N-dealkylation sites (tertiary alicyclic amines) is 1. The number of halogens is 3. The average Bonchev–Trinajstić information content (AvgIpc) is 2.87. The van der Waals surface area contributed by atoms with Crippen LogP contribution in [0.3, 0.4) is 0 Å². The molecule has 2 heterocycles. The van der Waals surface area contributed by atoms with Crippen molar-refractivity contribution in [2.45, 2.75) is 58.3 Å². The minimum Gasteiger partial charge on any atom is -0.456 e. The van der Waals surface area contributed by atoms with Crippen molar-refractivity contribution in [2.75, 3.05) is 6.54 Å². The van der Waals surface area contributed by atoms with Crippen LogP contribution in [0.2, 0.25) is 0 Å². The van der Waals surface area contributed by atoms with Gasteiger partial charge in [0.25, 0.3) is 5.91 Å². The molecule has 1 aromatic rings. The van der Waals surface area contributed by atoms with Crippen LogP contribution in [0, 0.1) is 6.92 Å². The summed E-state index contributed by atoms with van der Waals surface area (Å²) in [5, 5.41) is 2.66. The zero-order valence-corrected chi connectivity index (χ0v) is 13.9. The number of hydrogen-bond acceptors (Lipinski definition) is 3. The molecule has 1 saturated heterocycles. The molecule has 0 radical (unpaired) electrons. The van der Waals surface area contributed by atoms with Gasteiger partial charge in [0.05, 0.1) is 0 Å². The van der Waals surface area contributed by atoms with E-state index in [2.05, 4.69) is 5.32 Å². The highest BCUT2D eigenvalue weighted by atomic mass is 19.4. The third-order valence-corrected chi connectivity index (χ3v) is 4.26. The van der Waals surface area contributed by atoms with Gasteiger partial charge in [0, 0.05) is 25.9 Å². The number of nitrogens with zero attached hydrogens (tertiary/aromatic N) is 1. The van der Waals surface area contributed by atoms with Crippen molar-refractivity contribution in [2.24, 2.45) is 0 Å². The predicted octanol–water partition coefficient (Wildman–Crippen LogP) is 2.82. The maximum Gasteiger partial charge on any atom is 0.408 e. The fourth-order valence-corrected chi connectivity index (χ4v) is 3.02. The first-order valence-corrected chi connectivity index (χ1v) is 7.87. The molecular formula is C16H21F3N2O3. The molecular weight excluding hydrogens is 325 g/mol. The van der Waals surface area contributed by atoms with Crippen molar-refractivity contribution in [3.63, 3.8) is 0 Å². The number of piperidine rings is 1. The Balaban J connectivity index is 2.05. The van der Waals surface area contributed by atoms with Crippen LogP contribution in [0.4, 0.5) is 13.2 Å². The van der Waals surface area contributed by atoms with Crippen LogP contribution in [0.1, 0.15) is 48.6 Å². The molecule has 0 aliphatic carbocycles. The molecule has 24 heavy (non-hydrogen) atoms. The largest absolute Gasteiger partial charge is 0.456 e. The van der Waals surface area contributed by atoms with Gasteiger partial charge in [0.15, 0.2) is 5.76 Å². The Morgan fingerprint density at radius 1 is 1.38 bits per heavy atom. The second-order valence-corrected chi connectivity index (χ2v) is 6.05. The molecule has 5 nitrogen and oxygen atoms in total. The van der Waals surface area contributed by atoms with Gasteiger partial charge in [-0.15, -0.1) is 0 Å². The van der Waals surface area contributed by atoms with Crippen molar-refractivity contribution in [3.05, 3.63) is 23.2 Å². The summed E-state index contributed by atoms with van der Waals surface area (Å²) in [6.45, 7) is 4.67. The monoisotopic (exact) mass is 346 g/mol. The molecule has 1 fully saturated rings. The van der Waals surface area contributed by atoms with Crippen molar-refractivity contribution in [1.29, 1.82) is 0 Å². The lowest BCUT2D eigenvalue weighted by Gasteiger charge is -2.40. The molecule has 0 spiro atoms. The highest BCUT2D eigenvalue weighted by Gasteiger charge is 2.47. The average molecular weight is 346 g/mol. The fraction of sp³-hybridized carbons (Fsp3) is 0.625.